The predicted molar refractivity (Wildman–Crippen MR) is 124 cm³/mol. The minimum Gasteiger partial charge on any atom is -0.493 e. The molecule has 1 heterocycles. The topological polar surface area (TPSA) is 67.9 Å². The van der Waals surface area contributed by atoms with Gasteiger partial charge in [0.2, 0.25) is 10.0 Å². The fourth-order valence-electron chi connectivity index (χ4n) is 4.25. The van der Waals surface area contributed by atoms with Gasteiger partial charge in [-0.2, -0.15) is 0 Å². The highest BCUT2D eigenvalue weighted by Crippen LogP contribution is 2.38. The standard InChI is InChI=1S/C25H27FN2O4S/c1-31-24-14-19-11-12-28(17-18-7-6-8-20(26)13-18)23(22(19)15-25(24)32-2)16-27-33(29,30)21-9-4-3-5-10-21/h3-10,13-15,23,27H,11-12,16-17H2,1-2H3/t23-/m0/s1. The summed E-state index contributed by atoms with van der Waals surface area (Å²) in [5.74, 6) is 0.927. The molecule has 0 spiro atoms. The van der Waals surface area contributed by atoms with Crippen LogP contribution < -0.4 is 14.2 Å². The molecule has 0 unspecified atom stereocenters. The van der Waals surface area contributed by atoms with Gasteiger partial charge in [-0.15, -0.1) is 0 Å². The summed E-state index contributed by atoms with van der Waals surface area (Å²) < 4.78 is 53.3. The highest BCUT2D eigenvalue weighted by atomic mass is 32.2. The largest absolute Gasteiger partial charge is 0.493 e. The molecule has 0 bridgehead atoms. The minimum absolute atomic E-state index is 0.162. The third-order valence-electron chi connectivity index (χ3n) is 5.91. The van der Waals surface area contributed by atoms with Crippen molar-refractivity contribution in [3.63, 3.8) is 0 Å². The van der Waals surface area contributed by atoms with Crippen molar-refractivity contribution in [3.8, 4) is 11.5 Å². The van der Waals surface area contributed by atoms with E-state index in [1.807, 2.05) is 18.2 Å². The van der Waals surface area contributed by atoms with Crippen molar-refractivity contribution in [2.75, 3.05) is 27.3 Å². The van der Waals surface area contributed by atoms with Crippen molar-refractivity contribution in [1.82, 2.24) is 9.62 Å². The maximum absolute atomic E-state index is 13.8. The quantitative estimate of drug-likeness (QED) is 0.541. The monoisotopic (exact) mass is 470 g/mol. The predicted octanol–water partition coefficient (Wildman–Crippen LogP) is 3.92. The van der Waals surface area contributed by atoms with Crippen LogP contribution in [0.2, 0.25) is 0 Å². The van der Waals surface area contributed by atoms with E-state index in [4.69, 9.17) is 9.47 Å². The minimum atomic E-state index is -3.69. The first-order valence-electron chi connectivity index (χ1n) is 10.7. The summed E-state index contributed by atoms with van der Waals surface area (Å²) in [5.41, 5.74) is 2.87. The molecule has 0 fully saturated rings. The molecule has 0 saturated carbocycles. The van der Waals surface area contributed by atoms with Gasteiger partial charge >= 0.3 is 0 Å². The van der Waals surface area contributed by atoms with Crippen molar-refractivity contribution in [1.29, 1.82) is 0 Å². The molecule has 1 N–H and O–H groups in total. The van der Waals surface area contributed by atoms with Gasteiger partial charge in [-0.3, -0.25) is 4.90 Å². The Morgan fingerprint density at radius 3 is 2.42 bits per heavy atom. The molecular formula is C25H27FN2O4S. The Bertz CT molecular complexity index is 1220. The molecule has 1 aliphatic heterocycles. The fraction of sp³-hybridized carbons (Fsp3) is 0.280. The lowest BCUT2D eigenvalue weighted by Gasteiger charge is -2.38. The van der Waals surface area contributed by atoms with E-state index in [-0.39, 0.29) is 23.3 Å². The lowest BCUT2D eigenvalue weighted by atomic mass is 9.91. The maximum Gasteiger partial charge on any atom is 0.240 e. The molecule has 174 valence electrons. The zero-order valence-electron chi connectivity index (χ0n) is 18.6. The van der Waals surface area contributed by atoms with E-state index in [1.165, 1.54) is 12.1 Å². The van der Waals surface area contributed by atoms with E-state index < -0.39 is 10.0 Å². The second-order valence-corrected chi connectivity index (χ2v) is 9.70. The van der Waals surface area contributed by atoms with Crippen molar-refractivity contribution >= 4 is 10.0 Å². The number of methoxy groups -OCH3 is 2. The zero-order chi connectivity index (χ0) is 23.4. The zero-order valence-corrected chi connectivity index (χ0v) is 19.4. The van der Waals surface area contributed by atoms with Crippen LogP contribution in [-0.4, -0.2) is 40.6 Å². The first-order valence-corrected chi connectivity index (χ1v) is 12.2. The number of hydrogen-bond donors (Lipinski definition) is 1. The van der Waals surface area contributed by atoms with Crippen molar-refractivity contribution in [3.05, 3.63) is 89.2 Å². The Labute approximate surface area is 194 Å². The molecule has 0 radical (unpaired) electrons. The number of nitrogens with one attached hydrogen (secondary N) is 1. The maximum atomic E-state index is 13.8. The summed E-state index contributed by atoms with van der Waals surface area (Å²) in [5, 5.41) is 0. The Hall–Kier alpha value is -2.94. The van der Waals surface area contributed by atoms with Crippen LogP contribution in [0, 0.1) is 5.82 Å². The van der Waals surface area contributed by atoms with Crippen molar-refractivity contribution in [2.24, 2.45) is 0 Å². The molecule has 3 aromatic rings. The lowest BCUT2D eigenvalue weighted by molar-refractivity contribution is 0.176. The Morgan fingerprint density at radius 2 is 1.73 bits per heavy atom. The lowest BCUT2D eigenvalue weighted by Crippen LogP contribution is -2.41. The number of sulfonamides is 1. The molecule has 0 saturated heterocycles. The van der Waals surface area contributed by atoms with Gasteiger partial charge in [0.25, 0.3) is 0 Å². The van der Waals surface area contributed by atoms with E-state index in [0.29, 0.717) is 24.6 Å². The number of fused-ring (bicyclic) bond motifs is 1. The van der Waals surface area contributed by atoms with Crippen LogP contribution in [0.3, 0.4) is 0 Å². The highest BCUT2D eigenvalue weighted by molar-refractivity contribution is 7.89. The molecular weight excluding hydrogens is 443 g/mol. The normalized spacial score (nSPS) is 16.3. The van der Waals surface area contributed by atoms with Crippen LogP contribution in [0.25, 0.3) is 0 Å². The number of ether oxygens (including phenoxy) is 2. The summed E-state index contributed by atoms with van der Waals surface area (Å²) >= 11 is 0. The van der Waals surface area contributed by atoms with Crippen molar-refractivity contribution in [2.45, 2.75) is 23.9 Å². The van der Waals surface area contributed by atoms with Gasteiger partial charge in [0.05, 0.1) is 19.1 Å². The van der Waals surface area contributed by atoms with Gasteiger partial charge in [0.1, 0.15) is 5.82 Å². The third kappa shape index (κ3) is 5.19. The molecule has 33 heavy (non-hydrogen) atoms. The Morgan fingerprint density at radius 1 is 1.00 bits per heavy atom. The van der Waals surface area contributed by atoms with Gasteiger partial charge in [0.15, 0.2) is 11.5 Å². The van der Waals surface area contributed by atoms with Gasteiger partial charge in [0, 0.05) is 25.7 Å². The second-order valence-electron chi connectivity index (χ2n) is 7.94. The van der Waals surface area contributed by atoms with Crippen LogP contribution in [0.15, 0.2) is 71.6 Å². The van der Waals surface area contributed by atoms with Crippen LogP contribution in [-0.2, 0) is 23.0 Å². The second kappa shape index (κ2) is 9.91. The van der Waals surface area contributed by atoms with E-state index in [9.17, 15) is 12.8 Å². The number of halogens is 1. The average Bonchev–Trinajstić information content (AvgIpc) is 2.83. The molecule has 1 aliphatic rings. The van der Waals surface area contributed by atoms with E-state index in [1.54, 1.807) is 50.6 Å². The molecule has 0 aliphatic carbocycles. The number of nitrogens with zero attached hydrogens (tertiary/aromatic N) is 1. The molecule has 8 heteroatoms. The third-order valence-corrected chi connectivity index (χ3v) is 7.35. The van der Waals surface area contributed by atoms with Crippen molar-refractivity contribution < 1.29 is 22.3 Å². The summed E-state index contributed by atoms with van der Waals surface area (Å²) in [4.78, 5) is 2.38. The molecule has 1 atom stereocenters. The molecule has 4 rings (SSSR count). The first kappa shape index (κ1) is 23.2. The number of rotatable bonds is 8. The SMILES string of the molecule is COc1cc2c(cc1OC)[C@H](CNS(=O)(=O)c1ccccc1)N(Cc1cccc(F)c1)CC2. The smallest absolute Gasteiger partial charge is 0.240 e. The Balaban J connectivity index is 1.67. The van der Waals surface area contributed by atoms with Gasteiger partial charge < -0.3 is 9.47 Å². The van der Waals surface area contributed by atoms with Crippen LogP contribution in [0.4, 0.5) is 4.39 Å². The Kier molecular flexibility index (Phi) is 6.97. The summed E-state index contributed by atoms with van der Waals surface area (Å²) in [7, 11) is -0.520. The van der Waals surface area contributed by atoms with Gasteiger partial charge in [-0.05, 0) is 59.5 Å². The van der Waals surface area contributed by atoms with E-state index in [2.05, 4.69) is 9.62 Å². The summed E-state index contributed by atoms with van der Waals surface area (Å²) in [6, 6.07) is 18.4. The number of benzene rings is 3. The molecule has 3 aromatic carbocycles. The molecule has 0 amide bonds. The fourth-order valence-corrected chi connectivity index (χ4v) is 5.31. The molecule has 6 nitrogen and oxygen atoms in total. The van der Waals surface area contributed by atoms with E-state index >= 15 is 0 Å². The van der Waals surface area contributed by atoms with Gasteiger partial charge in [-0.25, -0.2) is 17.5 Å². The summed E-state index contributed by atoms with van der Waals surface area (Å²) in [6.45, 7) is 1.34. The number of hydrogen-bond acceptors (Lipinski definition) is 5. The molecule has 0 aromatic heterocycles. The van der Waals surface area contributed by atoms with Crippen LogP contribution >= 0.6 is 0 Å². The van der Waals surface area contributed by atoms with Crippen LogP contribution in [0.5, 0.6) is 11.5 Å². The summed E-state index contributed by atoms with van der Waals surface area (Å²) in [6.07, 6.45) is 0.757. The van der Waals surface area contributed by atoms with E-state index in [0.717, 1.165) is 23.1 Å². The van der Waals surface area contributed by atoms with Gasteiger partial charge in [-0.1, -0.05) is 30.3 Å². The first-order chi connectivity index (χ1) is 15.9. The highest BCUT2D eigenvalue weighted by Gasteiger charge is 2.30. The average molecular weight is 471 g/mol. The van der Waals surface area contributed by atoms with Crippen LogP contribution in [0.1, 0.15) is 22.7 Å².